The Bertz CT molecular complexity index is 995. The highest BCUT2D eigenvalue weighted by atomic mass is 35.5. The zero-order valence-corrected chi connectivity index (χ0v) is 18.1. The molecule has 2 aromatic rings. The number of hydrogen-bond donors (Lipinski definition) is 1. The van der Waals surface area contributed by atoms with E-state index in [0.29, 0.717) is 36.9 Å². The first-order valence-corrected chi connectivity index (χ1v) is 10.7. The molecule has 2 fully saturated rings. The van der Waals surface area contributed by atoms with Gasteiger partial charge in [0.1, 0.15) is 5.76 Å². The summed E-state index contributed by atoms with van der Waals surface area (Å²) >= 11 is 5.96. The van der Waals surface area contributed by atoms with Crippen LogP contribution >= 0.6 is 11.6 Å². The quantitative estimate of drug-likeness (QED) is 0.438. The number of rotatable bonds is 5. The van der Waals surface area contributed by atoms with E-state index in [0.717, 1.165) is 24.2 Å². The van der Waals surface area contributed by atoms with Gasteiger partial charge in [-0.25, -0.2) is 0 Å². The number of ketones is 1. The molecule has 0 saturated carbocycles. The third-order valence-electron chi connectivity index (χ3n) is 5.81. The van der Waals surface area contributed by atoms with Crippen molar-refractivity contribution in [1.82, 2.24) is 9.80 Å². The third kappa shape index (κ3) is 4.51. The molecule has 31 heavy (non-hydrogen) atoms. The predicted molar refractivity (Wildman–Crippen MR) is 119 cm³/mol. The van der Waals surface area contributed by atoms with Crippen LogP contribution in [-0.2, 0) is 14.3 Å². The molecule has 2 saturated heterocycles. The molecule has 2 aromatic carbocycles. The van der Waals surface area contributed by atoms with Gasteiger partial charge >= 0.3 is 0 Å². The van der Waals surface area contributed by atoms with Gasteiger partial charge < -0.3 is 14.7 Å². The van der Waals surface area contributed by atoms with Crippen LogP contribution in [0.5, 0.6) is 0 Å². The fraction of sp³-hybridized carbons (Fsp3) is 0.333. The molecule has 2 aliphatic heterocycles. The minimum absolute atomic E-state index is 0.109. The summed E-state index contributed by atoms with van der Waals surface area (Å²) in [5, 5.41) is 11.6. The summed E-state index contributed by atoms with van der Waals surface area (Å²) in [7, 11) is 0. The van der Waals surface area contributed by atoms with Gasteiger partial charge in [-0.3, -0.25) is 14.5 Å². The molecule has 4 rings (SSSR count). The minimum atomic E-state index is -0.667. The minimum Gasteiger partial charge on any atom is -0.507 e. The van der Waals surface area contributed by atoms with Crippen molar-refractivity contribution >= 4 is 29.1 Å². The Morgan fingerprint density at radius 3 is 2.32 bits per heavy atom. The molecule has 7 heteroatoms. The number of morpholine rings is 1. The molecular formula is C24H25ClN2O4. The predicted octanol–water partition coefficient (Wildman–Crippen LogP) is 3.40. The van der Waals surface area contributed by atoms with Crippen LogP contribution in [0.2, 0.25) is 5.02 Å². The van der Waals surface area contributed by atoms with Crippen molar-refractivity contribution in [2.24, 2.45) is 0 Å². The second kappa shape index (κ2) is 9.22. The Kier molecular flexibility index (Phi) is 6.41. The summed E-state index contributed by atoms with van der Waals surface area (Å²) in [6.45, 7) is 5.93. The number of carbonyl (C=O) groups excluding carboxylic acids is 2. The van der Waals surface area contributed by atoms with Crippen molar-refractivity contribution in [3.63, 3.8) is 0 Å². The van der Waals surface area contributed by atoms with Crippen LogP contribution in [0.15, 0.2) is 54.1 Å². The molecule has 1 N–H and O–H groups in total. The standard InChI is InChI=1S/C24H25ClN2O4/c1-16-2-4-17(5-3-16)21-20(22(28)18-6-8-19(25)9-7-18)23(29)24(30)27(21)11-10-26-12-14-31-15-13-26/h2-9,21,28H,10-15H2,1H3. The summed E-state index contributed by atoms with van der Waals surface area (Å²) in [6.07, 6.45) is 0. The highest BCUT2D eigenvalue weighted by molar-refractivity contribution is 6.46. The number of halogens is 1. The fourth-order valence-electron chi connectivity index (χ4n) is 4.04. The van der Waals surface area contributed by atoms with Crippen molar-refractivity contribution in [3.05, 3.63) is 75.8 Å². The molecule has 0 spiro atoms. The van der Waals surface area contributed by atoms with E-state index in [-0.39, 0.29) is 11.3 Å². The number of likely N-dealkylation sites (tertiary alicyclic amines) is 1. The lowest BCUT2D eigenvalue weighted by Gasteiger charge is -2.31. The number of Topliss-reactive ketones (excluding diaryl/α,β-unsaturated/α-hetero) is 1. The molecule has 0 aromatic heterocycles. The van der Waals surface area contributed by atoms with Crippen molar-refractivity contribution in [2.75, 3.05) is 39.4 Å². The lowest BCUT2D eigenvalue weighted by molar-refractivity contribution is -0.140. The first-order valence-electron chi connectivity index (χ1n) is 10.4. The second-order valence-corrected chi connectivity index (χ2v) is 8.30. The summed E-state index contributed by atoms with van der Waals surface area (Å²) in [5.41, 5.74) is 2.43. The van der Waals surface area contributed by atoms with Gasteiger partial charge in [0.15, 0.2) is 0 Å². The van der Waals surface area contributed by atoms with Crippen LogP contribution in [0, 0.1) is 6.92 Å². The van der Waals surface area contributed by atoms with E-state index in [1.54, 1.807) is 29.2 Å². The molecule has 1 amide bonds. The topological polar surface area (TPSA) is 70.1 Å². The summed E-state index contributed by atoms with van der Waals surface area (Å²) in [4.78, 5) is 29.8. The number of amides is 1. The van der Waals surface area contributed by atoms with Crippen LogP contribution in [0.25, 0.3) is 5.76 Å². The number of hydrogen-bond acceptors (Lipinski definition) is 5. The van der Waals surface area contributed by atoms with E-state index < -0.39 is 17.7 Å². The number of aryl methyl sites for hydroxylation is 1. The Balaban J connectivity index is 1.72. The smallest absolute Gasteiger partial charge is 0.295 e. The van der Waals surface area contributed by atoms with Crippen LogP contribution < -0.4 is 0 Å². The molecule has 162 valence electrons. The van der Waals surface area contributed by atoms with E-state index in [1.165, 1.54) is 0 Å². The second-order valence-electron chi connectivity index (χ2n) is 7.86. The SMILES string of the molecule is Cc1ccc(C2C(=C(O)c3ccc(Cl)cc3)C(=O)C(=O)N2CCN2CCOCC2)cc1. The van der Waals surface area contributed by atoms with E-state index in [2.05, 4.69) is 4.90 Å². The monoisotopic (exact) mass is 440 g/mol. The van der Waals surface area contributed by atoms with Gasteiger partial charge in [0.05, 0.1) is 24.8 Å². The van der Waals surface area contributed by atoms with Gasteiger partial charge in [-0.15, -0.1) is 0 Å². The van der Waals surface area contributed by atoms with Crippen molar-refractivity contribution in [1.29, 1.82) is 0 Å². The number of benzene rings is 2. The van der Waals surface area contributed by atoms with E-state index in [9.17, 15) is 14.7 Å². The van der Waals surface area contributed by atoms with Gasteiger partial charge in [0, 0.05) is 36.8 Å². The van der Waals surface area contributed by atoms with Crippen molar-refractivity contribution in [2.45, 2.75) is 13.0 Å². The number of nitrogens with zero attached hydrogens (tertiary/aromatic N) is 2. The van der Waals surface area contributed by atoms with Crippen LogP contribution in [0.3, 0.4) is 0 Å². The maximum atomic E-state index is 13.0. The lowest BCUT2D eigenvalue weighted by Crippen LogP contribution is -2.42. The molecule has 0 radical (unpaired) electrons. The Morgan fingerprint density at radius 1 is 1.03 bits per heavy atom. The Labute approximate surface area is 186 Å². The normalized spacial score (nSPS) is 21.6. The Morgan fingerprint density at radius 2 is 1.68 bits per heavy atom. The molecule has 0 bridgehead atoms. The molecule has 2 heterocycles. The van der Waals surface area contributed by atoms with Crippen LogP contribution in [0.4, 0.5) is 0 Å². The molecule has 2 aliphatic rings. The lowest BCUT2D eigenvalue weighted by atomic mass is 9.95. The van der Waals surface area contributed by atoms with Gasteiger partial charge in [0.25, 0.3) is 11.7 Å². The number of aliphatic hydroxyl groups excluding tert-OH is 1. The van der Waals surface area contributed by atoms with Gasteiger partial charge in [-0.2, -0.15) is 0 Å². The van der Waals surface area contributed by atoms with E-state index >= 15 is 0 Å². The van der Waals surface area contributed by atoms with Gasteiger partial charge in [-0.05, 0) is 36.8 Å². The largest absolute Gasteiger partial charge is 0.507 e. The summed E-state index contributed by atoms with van der Waals surface area (Å²) in [6, 6.07) is 13.6. The first-order chi connectivity index (χ1) is 15.0. The highest BCUT2D eigenvalue weighted by Crippen LogP contribution is 2.39. The molecule has 0 aliphatic carbocycles. The van der Waals surface area contributed by atoms with E-state index in [1.807, 2.05) is 31.2 Å². The van der Waals surface area contributed by atoms with Gasteiger partial charge in [-0.1, -0.05) is 41.4 Å². The molecular weight excluding hydrogens is 416 g/mol. The first kappa shape index (κ1) is 21.6. The average Bonchev–Trinajstić information content (AvgIpc) is 3.04. The maximum Gasteiger partial charge on any atom is 0.295 e. The number of carbonyl (C=O) groups is 2. The Hall–Kier alpha value is -2.67. The molecule has 6 nitrogen and oxygen atoms in total. The van der Waals surface area contributed by atoms with Crippen molar-refractivity contribution in [3.8, 4) is 0 Å². The average molecular weight is 441 g/mol. The maximum absolute atomic E-state index is 13.0. The summed E-state index contributed by atoms with van der Waals surface area (Å²) < 4.78 is 5.39. The zero-order valence-electron chi connectivity index (χ0n) is 17.4. The molecule has 1 unspecified atom stereocenters. The number of ether oxygens (including phenoxy) is 1. The highest BCUT2D eigenvalue weighted by Gasteiger charge is 2.46. The van der Waals surface area contributed by atoms with Crippen LogP contribution in [0.1, 0.15) is 22.7 Å². The van der Waals surface area contributed by atoms with Crippen molar-refractivity contribution < 1.29 is 19.4 Å². The number of aliphatic hydroxyl groups is 1. The third-order valence-corrected chi connectivity index (χ3v) is 6.06. The zero-order chi connectivity index (χ0) is 22.0. The van der Waals surface area contributed by atoms with E-state index in [4.69, 9.17) is 16.3 Å². The summed E-state index contributed by atoms with van der Waals surface area (Å²) in [5.74, 6) is -1.44. The van der Waals surface area contributed by atoms with Gasteiger partial charge in [0.2, 0.25) is 0 Å². The fourth-order valence-corrected chi connectivity index (χ4v) is 4.17. The molecule has 1 atom stereocenters. The van der Waals surface area contributed by atoms with Crippen LogP contribution in [-0.4, -0.2) is 66.0 Å².